The van der Waals surface area contributed by atoms with Gasteiger partial charge in [0.1, 0.15) is 0 Å². The van der Waals surface area contributed by atoms with Gasteiger partial charge >= 0.3 is 0 Å². The topological polar surface area (TPSA) is 56.7 Å². The first kappa shape index (κ1) is 16.6. The summed E-state index contributed by atoms with van der Waals surface area (Å²) in [4.78, 5) is 21.0. The Morgan fingerprint density at radius 1 is 1.12 bits per heavy atom. The highest BCUT2D eigenvalue weighted by Gasteiger charge is 2.22. The number of aliphatic hydroxyl groups is 1. The Morgan fingerprint density at radius 3 is 2.62 bits per heavy atom. The van der Waals surface area contributed by atoms with Gasteiger partial charge in [0.2, 0.25) is 0 Å². The van der Waals surface area contributed by atoms with E-state index in [-0.39, 0.29) is 12.5 Å². The van der Waals surface area contributed by atoms with Crippen molar-refractivity contribution in [3.8, 4) is 11.1 Å². The predicted octanol–water partition coefficient (Wildman–Crippen LogP) is 1.81. The van der Waals surface area contributed by atoms with Crippen LogP contribution in [0.2, 0.25) is 0 Å². The largest absolute Gasteiger partial charge is 0.395 e. The summed E-state index contributed by atoms with van der Waals surface area (Å²) < 4.78 is 0. The number of aromatic nitrogens is 1. The smallest absolute Gasteiger partial charge is 0.255 e. The van der Waals surface area contributed by atoms with E-state index in [0.29, 0.717) is 25.2 Å². The number of benzene rings is 1. The molecule has 24 heavy (non-hydrogen) atoms. The van der Waals surface area contributed by atoms with Gasteiger partial charge in [-0.3, -0.25) is 14.7 Å². The molecule has 0 radical (unpaired) electrons. The summed E-state index contributed by atoms with van der Waals surface area (Å²) in [6.07, 6.45) is 3.44. The quantitative estimate of drug-likeness (QED) is 0.931. The van der Waals surface area contributed by atoms with Crippen molar-refractivity contribution in [3.63, 3.8) is 0 Å². The molecule has 0 spiro atoms. The second-order valence-electron chi connectivity index (χ2n) is 6.19. The van der Waals surface area contributed by atoms with Crippen LogP contribution in [0.15, 0.2) is 42.7 Å². The van der Waals surface area contributed by atoms with Crippen molar-refractivity contribution in [3.05, 3.63) is 53.9 Å². The van der Waals surface area contributed by atoms with Gasteiger partial charge in [-0.25, -0.2) is 0 Å². The summed E-state index contributed by atoms with van der Waals surface area (Å²) in [5.41, 5.74) is 3.85. The molecular formula is C19H23N3O2. The van der Waals surface area contributed by atoms with Gasteiger partial charge in [0.15, 0.2) is 0 Å². The highest BCUT2D eigenvalue weighted by Crippen LogP contribution is 2.21. The maximum atomic E-state index is 12.7. The van der Waals surface area contributed by atoms with Gasteiger partial charge < -0.3 is 10.0 Å². The van der Waals surface area contributed by atoms with Crippen LogP contribution in [-0.4, -0.2) is 65.1 Å². The Kier molecular flexibility index (Phi) is 5.23. The fourth-order valence-electron chi connectivity index (χ4n) is 3.04. The number of rotatable bonds is 4. The lowest BCUT2D eigenvalue weighted by molar-refractivity contribution is 0.0614. The monoisotopic (exact) mass is 325 g/mol. The molecule has 0 bridgehead atoms. The van der Waals surface area contributed by atoms with Crippen molar-refractivity contribution in [2.24, 2.45) is 0 Å². The van der Waals surface area contributed by atoms with E-state index in [0.717, 1.165) is 24.2 Å². The minimum atomic E-state index is 0.0284. The van der Waals surface area contributed by atoms with Crippen LogP contribution in [0.3, 0.4) is 0 Å². The highest BCUT2D eigenvalue weighted by molar-refractivity contribution is 5.95. The molecule has 1 saturated heterocycles. The molecule has 126 valence electrons. The minimum Gasteiger partial charge on any atom is -0.395 e. The Balaban J connectivity index is 1.73. The molecule has 1 N–H and O–H groups in total. The first-order valence-electron chi connectivity index (χ1n) is 8.32. The number of nitrogens with zero attached hydrogens (tertiary/aromatic N) is 3. The molecule has 1 aliphatic heterocycles. The van der Waals surface area contributed by atoms with Crippen molar-refractivity contribution in [1.29, 1.82) is 0 Å². The zero-order valence-electron chi connectivity index (χ0n) is 14.0. The molecule has 1 fully saturated rings. The maximum Gasteiger partial charge on any atom is 0.255 e. The molecule has 0 unspecified atom stereocenters. The van der Waals surface area contributed by atoms with Crippen molar-refractivity contribution in [2.45, 2.75) is 6.92 Å². The van der Waals surface area contributed by atoms with Crippen molar-refractivity contribution < 1.29 is 9.90 Å². The maximum absolute atomic E-state index is 12.7. The Morgan fingerprint density at radius 2 is 1.92 bits per heavy atom. The van der Waals surface area contributed by atoms with Crippen molar-refractivity contribution in [2.75, 3.05) is 39.3 Å². The molecule has 3 rings (SSSR count). The molecule has 1 amide bonds. The lowest BCUT2D eigenvalue weighted by Gasteiger charge is -2.34. The predicted molar refractivity (Wildman–Crippen MR) is 93.8 cm³/mol. The summed E-state index contributed by atoms with van der Waals surface area (Å²) in [6.45, 7) is 5.87. The summed E-state index contributed by atoms with van der Waals surface area (Å²) in [6, 6.07) is 10.1. The normalized spacial score (nSPS) is 15.5. The van der Waals surface area contributed by atoms with Crippen LogP contribution in [0.1, 0.15) is 15.9 Å². The van der Waals surface area contributed by atoms with Crippen LogP contribution in [0.25, 0.3) is 11.1 Å². The van der Waals surface area contributed by atoms with E-state index >= 15 is 0 Å². The summed E-state index contributed by atoms with van der Waals surface area (Å²) in [5, 5.41) is 9.00. The van der Waals surface area contributed by atoms with Gasteiger partial charge in [0.25, 0.3) is 5.91 Å². The van der Waals surface area contributed by atoms with Gasteiger partial charge in [0.05, 0.1) is 12.2 Å². The number of aryl methyl sites for hydroxylation is 1. The Hall–Kier alpha value is -2.24. The van der Waals surface area contributed by atoms with E-state index in [1.54, 1.807) is 12.4 Å². The zero-order chi connectivity index (χ0) is 16.9. The van der Waals surface area contributed by atoms with E-state index in [4.69, 9.17) is 5.11 Å². The summed E-state index contributed by atoms with van der Waals surface area (Å²) in [7, 11) is 0. The number of aliphatic hydroxyl groups excluding tert-OH is 1. The number of piperazine rings is 1. The standard InChI is InChI=1S/C19H23N3O2/c1-15-3-2-4-16(11-15)17-12-18(14-20-13-17)19(24)22-7-5-21(6-8-22)9-10-23/h2-4,11-14,23H,5-10H2,1H3. The number of pyridine rings is 1. The fourth-order valence-corrected chi connectivity index (χ4v) is 3.04. The zero-order valence-corrected chi connectivity index (χ0v) is 14.0. The number of hydrogen-bond donors (Lipinski definition) is 1. The molecule has 0 saturated carbocycles. The molecule has 5 nitrogen and oxygen atoms in total. The molecule has 0 atom stereocenters. The number of hydrogen-bond acceptors (Lipinski definition) is 4. The van der Waals surface area contributed by atoms with Gasteiger partial charge in [-0.2, -0.15) is 0 Å². The lowest BCUT2D eigenvalue weighted by atomic mass is 10.0. The number of β-amino-alcohol motifs (C(OH)–C–C–N with tert-alkyl or cyclic N) is 1. The van der Waals surface area contributed by atoms with E-state index in [1.807, 2.05) is 23.1 Å². The SMILES string of the molecule is Cc1cccc(-c2cncc(C(=O)N3CCN(CCO)CC3)c2)c1. The first-order valence-corrected chi connectivity index (χ1v) is 8.32. The van der Waals surface area contributed by atoms with E-state index in [9.17, 15) is 4.79 Å². The number of amides is 1. The van der Waals surface area contributed by atoms with E-state index in [2.05, 4.69) is 28.9 Å². The number of carbonyl (C=O) groups is 1. The van der Waals surface area contributed by atoms with Crippen LogP contribution in [0, 0.1) is 6.92 Å². The number of carbonyl (C=O) groups excluding carboxylic acids is 1. The minimum absolute atomic E-state index is 0.0284. The molecule has 2 aromatic rings. The van der Waals surface area contributed by atoms with Crippen LogP contribution >= 0.6 is 0 Å². The van der Waals surface area contributed by atoms with Crippen LogP contribution in [-0.2, 0) is 0 Å². The lowest BCUT2D eigenvalue weighted by Crippen LogP contribution is -2.49. The average Bonchev–Trinajstić information content (AvgIpc) is 2.62. The molecule has 5 heteroatoms. The van der Waals surface area contributed by atoms with E-state index < -0.39 is 0 Å². The third-order valence-electron chi connectivity index (χ3n) is 4.41. The second-order valence-corrected chi connectivity index (χ2v) is 6.19. The van der Waals surface area contributed by atoms with Gasteiger partial charge in [-0.15, -0.1) is 0 Å². The van der Waals surface area contributed by atoms with Gasteiger partial charge in [-0.1, -0.05) is 29.8 Å². The second kappa shape index (κ2) is 7.55. The molecule has 1 aromatic carbocycles. The molecule has 0 aliphatic carbocycles. The Bertz CT molecular complexity index is 709. The van der Waals surface area contributed by atoms with Crippen molar-refractivity contribution in [1.82, 2.24) is 14.8 Å². The molecule has 1 aliphatic rings. The fraction of sp³-hybridized carbons (Fsp3) is 0.368. The summed E-state index contributed by atoms with van der Waals surface area (Å²) in [5.74, 6) is 0.0284. The van der Waals surface area contributed by atoms with E-state index in [1.165, 1.54) is 5.56 Å². The van der Waals surface area contributed by atoms with Crippen LogP contribution < -0.4 is 0 Å². The van der Waals surface area contributed by atoms with Crippen LogP contribution in [0.4, 0.5) is 0 Å². The first-order chi connectivity index (χ1) is 11.7. The third-order valence-corrected chi connectivity index (χ3v) is 4.41. The molecule has 1 aromatic heterocycles. The average molecular weight is 325 g/mol. The van der Waals surface area contributed by atoms with Gasteiger partial charge in [-0.05, 0) is 18.6 Å². The van der Waals surface area contributed by atoms with Crippen molar-refractivity contribution >= 4 is 5.91 Å². The van der Waals surface area contributed by atoms with Crippen LogP contribution in [0.5, 0.6) is 0 Å². The Labute approximate surface area is 142 Å². The molecule has 2 heterocycles. The summed E-state index contributed by atoms with van der Waals surface area (Å²) >= 11 is 0. The van der Waals surface area contributed by atoms with Gasteiger partial charge in [0, 0.05) is 50.7 Å². The molecular weight excluding hydrogens is 302 g/mol. The highest BCUT2D eigenvalue weighted by atomic mass is 16.3. The third kappa shape index (κ3) is 3.80.